The van der Waals surface area contributed by atoms with Gasteiger partial charge in [0.25, 0.3) is 0 Å². The van der Waals surface area contributed by atoms with Crippen LogP contribution >= 0.6 is 38.6 Å². The number of benzene rings is 16. The van der Waals surface area contributed by atoms with Crippen molar-refractivity contribution in [1.82, 2.24) is 19.9 Å². The third-order valence-electron chi connectivity index (χ3n) is 20.3. The third-order valence-corrected chi connectivity index (χ3v) is 23.2. The van der Waals surface area contributed by atoms with E-state index in [9.17, 15) is 10.0 Å². The van der Waals surface area contributed by atoms with Gasteiger partial charge in [0, 0.05) is 72.8 Å². The fourth-order valence-electron chi connectivity index (χ4n) is 14.6. The largest absolute Gasteiger partial charge is 0.489 e. The standard InChI is InChI=1S/C50H32N2S.C38H25BrN2.C12H9BO2S/c1-2-11-40(12-3-1)50-51-46(32-47(52-50)39-30-26-36(27-31-39)42-16-8-13-35-10-4-5-14-41(35)42)38-28-22-34(23-29-38)33-20-24-37(25-21-33)43-17-9-18-45-44-15-6-7-19-48(44)53-49(43)45;39-33-23-21-27(22-24-33)26-13-17-30(18-14-26)36-25-37(41-38(40-36)32-8-2-1-3-9-32)31-19-15-29(16-20-31)35-12-6-10-28-7-4-5-11-34(28)35;14-13(15)10-6-3-5-9-8-4-1-2-7-11(8)16-12(9)10/h1-32H;1-25H;1-7,14-15H. The number of hydrogen-bond donors (Lipinski definition) is 2. The van der Waals surface area contributed by atoms with E-state index in [1.54, 1.807) is 17.4 Å². The van der Waals surface area contributed by atoms with Gasteiger partial charge in [-0.3, -0.25) is 0 Å². The summed E-state index contributed by atoms with van der Waals surface area (Å²) in [4.78, 5) is 20.2. The first kappa shape index (κ1) is 68.9. The molecule has 10 heteroatoms. The van der Waals surface area contributed by atoms with Crippen molar-refractivity contribution in [3.8, 4) is 123 Å². The summed E-state index contributed by atoms with van der Waals surface area (Å²) in [6.07, 6.45) is 0. The topological polar surface area (TPSA) is 92.0 Å². The number of aromatic nitrogens is 4. The number of nitrogens with zero attached hydrogens (tertiary/aromatic N) is 4. The molecular formula is C100H66BBrN4O2S2. The lowest BCUT2D eigenvalue weighted by Crippen LogP contribution is -2.29. The van der Waals surface area contributed by atoms with Crippen molar-refractivity contribution < 1.29 is 10.0 Å². The van der Waals surface area contributed by atoms with Crippen molar-refractivity contribution in [2.75, 3.05) is 0 Å². The van der Waals surface area contributed by atoms with Crippen molar-refractivity contribution >= 4 is 113 Å². The Morgan fingerprint density at radius 2 is 0.518 bits per heavy atom. The van der Waals surface area contributed by atoms with Crippen LogP contribution < -0.4 is 5.46 Å². The molecule has 0 bridgehead atoms. The number of rotatable bonds is 12. The Balaban J connectivity index is 0.000000131. The molecule has 4 aromatic heterocycles. The van der Waals surface area contributed by atoms with Gasteiger partial charge in [-0.25, -0.2) is 19.9 Å². The molecule has 0 atom stereocenters. The molecule has 0 fully saturated rings. The maximum absolute atomic E-state index is 9.31. The zero-order chi connectivity index (χ0) is 73.9. The van der Waals surface area contributed by atoms with E-state index in [2.05, 4.69) is 331 Å². The highest BCUT2D eigenvalue weighted by atomic mass is 79.9. The molecule has 2 N–H and O–H groups in total. The van der Waals surface area contributed by atoms with E-state index in [-0.39, 0.29) is 0 Å². The van der Waals surface area contributed by atoms with Gasteiger partial charge in [-0.15, -0.1) is 22.7 Å². The van der Waals surface area contributed by atoms with Gasteiger partial charge in [0.2, 0.25) is 0 Å². The van der Waals surface area contributed by atoms with E-state index in [1.807, 2.05) is 78.1 Å². The molecule has 6 nitrogen and oxygen atoms in total. The summed E-state index contributed by atoms with van der Waals surface area (Å²) in [6, 6.07) is 136. The second-order valence-corrected chi connectivity index (χ2v) is 30.1. The summed E-state index contributed by atoms with van der Waals surface area (Å²) in [7, 11) is -1.41. The van der Waals surface area contributed by atoms with Gasteiger partial charge < -0.3 is 10.0 Å². The summed E-state index contributed by atoms with van der Waals surface area (Å²) in [5, 5.41) is 28.5. The van der Waals surface area contributed by atoms with Crippen LogP contribution in [0.5, 0.6) is 0 Å². The van der Waals surface area contributed by atoms with Gasteiger partial charge in [0.05, 0.1) is 22.8 Å². The fourth-order valence-corrected chi connectivity index (χ4v) is 17.3. The van der Waals surface area contributed by atoms with Crippen LogP contribution in [-0.2, 0) is 0 Å². The summed E-state index contributed by atoms with van der Waals surface area (Å²) in [5.41, 5.74) is 22.4. The molecule has 0 aliphatic rings. The Bertz CT molecular complexity index is 6710. The van der Waals surface area contributed by atoms with Crippen LogP contribution in [0, 0.1) is 0 Å². The number of halogens is 1. The highest BCUT2D eigenvalue weighted by Gasteiger charge is 2.19. The van der Waals surface area contributed by atoms with Crippen LogP contribution in [0.4, 0.5) is 0 Å². The van der Waals surface area contributed by atoms with E-state index >= 15 is 0 Å². The molecule has 4 heterocycles. The molecule has 16 aromatic carbocycles. The summed E-state index contributed by atoms with van der Waals surface area (Å²) >= 11 is 6.99. The predicted molar refractivity (Wildman–Crippen MR) is 469 cm³/mol. The zero-order valence-electron chi connectivity index (χ0n) is 59.4. The Labute approximate surface area is 654 Å². The van der Waals surface area contributed by atoms with Gasteiger partial charge in [-0.2, -0.15) is 0 Å². The van der Waals surface area contributed by atoms with E-state index < -0.39 is 7.12 Å². The molecule has 20 rings (SSSR count). The summed E-state index contributed by atoms with van der Waals surface area (Å²) in [5.74, 6) is 1.43. The minimum atomic E-state index is -1.41. The van der Waals surface area contributed by atoms with Crippen molar-refractivity contribution in [3.63, 3.8) is 0 Å². The first-order chi connectivity index (χ1) is 54.2. The van der Waals surface area contributed by atoms with E-state index in [4.69, 9.17) is 19.9 Å². The maximum Gasteiger partial charge on any atom is 0.489 e. The van der Waals surface area contributed by atoms with Crippen LogP contribution in [0.3, 0.4) is 0 Å². The van der Waals surface area contributed by atoms with Gasteiger partial charge in [0.15, 0.2) is 11.6 Å². The highest BCUT2D eigenvalue weighted by molar-refractivity contribution is 9.10. The number of thiophene rings is 2. The second kappa shape index (κ2) is 30.8. The van der Waals surface area contributed by atoms with Gasteiger partial charge in [-0.05, 0) is 124 Å². The molecule has 0 radical (unpaired) electrons. The molecule has 0 unspecified atom stereocenters. The Hall–Kier alpha value is -12.9. The Morgan fingerprint density at radius 3 is 0.936 bits per heavy atom. The molecular weight excluding hydrogens is 1440 g/mol. The lowest BCUT2D eigenvalue weighted by Gasteiger charge is -2.11. The smallest absolute Gasteiger partial charge is 0.423 e. The molecule has 0 amide bonds. The first-order valence-electron chi connectivity index (χ1n) is 36.5. The van der Waals surface area contributed by atoms with Crippen LogP contribution in [0.15, 0.2) is 393 Å². The minimum absolute atomic E-state index is 0.582. The lowest BCUT2D eigenvalue weighted by atomic mass is 9.80. The molecule has 0 spiro atoms. The average molecular weight is 1510 g/mol. The molecule has 520 valence electrons. The van der Waals surface area contributed by atoms with Crippen molar-refractivity contribution in [2.24, 2.45) is 0 Å². The van der Waals surface area contributed by atoms with Crippen LogP contribution in [0.2, 0.25) is 0 Å². The summed E-state index contributed by atoms with van der Waals surface area (Å²) in [6.45, 7) is 0. The zero-order valence-corrected chi connectivity index (χ0v) is 62.6. The summed E-state index contributed by atoms with van der Waals surface area (Å²) < 4.78 is 5.87. The normalized spacial score (nSPS) is 11.2. The monoisotopic (exact) mass is 1510 g/mol. The Morgan fingerprint density at radius 1 is 0.227 bits per heavy atom. The number of fused-ring (bicyclic) bond motifs is 8. The van der Waals surface area contributed by atoms with E-state index in [0.29, 0.717) is 17.1 Å². The highest BCUT2D eigenvalue weighted by Crippen LogP contribution is 2.42. The number of hydrogen-bond acceptors (Lipinski definition) is 8. The second-order valence-electron chi connectivity index (χ2n) is 27.1. The molecule has 0 aliphatic heterocycles. The van der Waals surface area contributed by atoms with E-state index in [0.717, 1.165) is 70.7 Å². The molecule has 0 aliphatic carbocycles. The molecule has 0 saturated carbocycles. The van der Waals surface area contributed by atoms with Gasteiger partial charge >= 0.3 is 7.12 Å². The quantitative estimate of drug-likeness (QED) is 0.118. The molecule has 20 aromatic rings. The third kappa shape index (κ3) is 14.3. The van der Waals surface area contributed by atoms with Gasteiger partial charge in [-0.1, -0.05) is 368 Å². The van der Waals surface area contributed by atoms with Crippen molar-refractivity contribution in [1.29, 1.82) is 0 Å². The van der Waals surface area contributed by atoms with Crippen LogP contribution in [0.1, 0.15) is 0 Å². The van der Waals surface area contributed by atoms with E-state index in [1.165, 1.54) is 107 Å². The average Bonchev–Trinajstić information content (AvgIpc) is 1.68. The lowest BCUT2D eigenvalue weighted by molar-refractivity contribution is 0.426. The molecule has 110 heavy (non-hydrogen) atoms. The SMILES string of the molecule is Brc1ccc(-c2ccc(-c3cc(-c4ccc(-c5cccc6ccccc56)cc4)nc(-c4ccccc4)n3)cc2)cc1.OB(O)c1cccc2c1sc1ccccc12.c1ccc(-c2nc(-c3ccc(-c4ccc(-c5cccc6c5sc5ccccc56)cc4)cc3)cc(-c3ccc(-c4cccc5ccccc45)cc3)n2)cc1. The fraction of sp³-hybridized carbons (Fsp3) is 0. The first-order valence-corrected chi connectivity index (χ1v) is 39.0. The maximum atomic E-state index is 9.31. The molecule has 0 saturated heterocycles. The van der Waals surface area contributed by atoms with Crippen molar-refractivity contribution in [2.45, 2.75) is 0 Å². The predicted octanol–water partition coefficient (Wildman–Crippen LogP) is 26.5. The van der Waals surface area contributed by atoms with Crippen molar-refractivity contribution in [3.05, 3.63) is 393 Å². The van der Waals surface area contributed by atoms with Crippen LogP contribution in [0.25, 0.3) is 185 Å². The minimum Gasteiger partial charge on any atom is -0.423 e. The van der Waals surface area contributed by atoms with Gasteiger partial charge in [0.1, 0.15) is 0 Å². The van der Waals surface area contributed by atoms with Crippen LogP contribution in [-0.4, -0.2) is 37.1 Å². The Kier molecular flexibility index (Phi) is 19.3.